The van der Waals surface area contributed by atoms with Gasteiger partial charge in [0.15, 0.2) is 5.82 Å². The Morgan fingerprint density at radius 2 is 2.24 bits per heavy atom. The standard InChI is InChI=1S/C11H17N5O/c1-5-6-9(2)7-16(10(3)17)8-11-12-13-14-15(11)4/h5-6H,1,7-8H2,2-4H3/b9-6+. The number of nitrogens with zero attached hydrogens (tertiary/aromatic N) is 5. The van der Waals surface area contributed by atoms with Crippen molar-refractivity contribution in [2.24, 2.45) is 7.05 Å². The zero-order chi connectivity index (χ0) is 12.8. The first-order chi connectivity index (χ1) is 8.04. The van der Waals surface area contributed by atoms with Crippen molar-refractivity contribution in [3.8, 4) is 0 Å². The molecule has 1 rings (SSSR count). The first-order valence-electron chi connectivity index (χ1n) is 5.29. The monoisotopic (exact) mass is 235 g/mol. The van der Waals surface area contributed by atoms with Gasteiger partial charge in [0.05, 0.1) is 6.54 Å². The second-order valence-corrected chi connectivity index (χ2v) is 3.84. The lowest BCUT2D eigenvalue weighted by Crippen LogP contribution is -2.31. The lowest BCUT2D eigenvalue weighted by Gasteiger charge is -2.20. The van der Waals surface area contributed by atoms with Crippen LogP contribution >= 0.6 is 0 Å². The van der Waals surface area contributed by atoms with Crippen molar-refractivity contribution < 1.29 is 4.79 Å². The second kappa shape index (κ2) is 5.93. The van der Waals surface area contributed by atoms with Crippen molar-refractivity contribution in [1.82, 2.24) is 25.1 Å². The van der Waals surface area contributed by atoms with E-state index in [1.165, 1.54) is 6.92 Å². The van der Waals surface area contributed by atoms with Gasteiger partial charge in [-0.05, 0) is 17.4 Å². The molecule has 0 saturated carbocycles. The SMILES string of the molecule is C=C/C=C(\C)CN(Cc1nnnn1C)C(C)=O. The molecule has 1 heterocycles. The third kappa shape index (κ3) is 3.82. The number of amides is 1. The zero-order valence-corrected chi connectivity index (χ0v) is 10.4. The van der Waals surface area contributed by atoms with Gasteiger partial charge in [-0.25, -0.2) is 4.68 Å². The van der Waals surface area contributed by atoms with Gasteiger partial charge < -0.3 is 4.90 Å². The summed E-state index contributed by atoms with van der Waals surface area (Å²) in [7, 11) is 1.75. The molecule has 1 amide bonds. The molecule has 17 heavy (non-hydrogen) atoms. The molecule has 1 aromatic rings. The summed E-state index contributed by atoms with van der Waals surface area (Å²) < 4.78 is 1.56. The van der Waals surface area contributed by atoms with Crippen molar-refractivity contribution >= 4 is 5.91 Å². The van der Waals surface area contributed by atoms with Gasteiger partial charge >= 0.3 is 0 Å². The van der Waals surface area contributed by atoms with Crippen LogP contribution in [0.25, 0.3) is 0 Å². The van der Waals surface area contributed by atoms with Crippen molar-refractivity contribution in [3.63, 3.8) is 0 Å². The first kappa shape index (κ1) is 13.1. The van der Waals surface area contributed by atoms with Crippen LogP contribution in [-0.2, 0) is 18.4 Å². The fourth-order valence-corrected chi connectivity index (χ4v) is 1.39. The lowest BCUT2D eigenvalue weighted by atomic mass is 10.2. The van der Waals surface area contributed by atoms with Crippen LogP contribution in [-0.4, -0.2) is 37.6 Å². The summed E-state index contributed by atoms with van der Waals surface area (Å²) in [4.78, 5) is 13.2. The highest BCUT2D eigenvalue weighted by atomic mass is 16.2. The number of allylic oxidation sites excluding steroid dienone is 2. The van der Waals surface area contributed by atoms with E-state index in [-0.39, 0.29) is 5.91 Å². The summed E-state index contributed by atoms with van der Waals surface area (Å²) >= 11 is 0. The summed E-state index contributed by atoms with van der Waals surface area (Å²) in [6.45, 7) is 8.06. The topological polar surface area (TPSA) is 63.9 Å². The Labute approximate surface area is 101 Å². The fourth-order valence-electron chi connectivity index (χ4n) is 1.39. The van der Waals surface area contributed by atoms with Gasteiger partial charge in [0.2, 0.25) is 5.91 Å². The van der Waals surface area contributed by atoms with E-state index in [0.717, 1.165) is 5.57 Å². The number of aryl methyl sites for hydroxylation is 1. The molecule has 0 bridgehead atoms. The van der Waals surface area contributed by atoms with E-state index in [9.17, 15) is 4.79 Å². The van der Waals surface area contributed by atoms with E-state index in [1.54, 1.807) is 22.7 Å². The molecule has 0 spiro atoms. The van der Waals surface area contributed by atoms with E-state index >= 15 is 0 Å². The zero-order valence-electron chi connectivity index (χ0n) is 10.4. The molecule has 6 heteroatoms. The van der Waals surface area contributed by atoms with E-state index in [4.69, 9.17) is 0 Å². The molecular formula is C11H17N5O. The van der Waals surface area contributed by atoms with E-state index in [1.807, 2.05) is 13.0 Å². The Balaban J connectivity index is 2.74. The van der Waals surface area contributed by atoms with Gasteiger partial charge in [0, 0.05) is 20.5 Å². The van der Waals surface area contributed by atoms with Gasteiger partial charge in [0.25, 0.3) is 0 Å². The fraction of sp³-hybridized carbons (Fsp3) is 0.455. The molecule has 0 fully saturated rings. The van der Waals surface area contributed by atoms with Gasteiger partial charge in [-0.15, -0.1) is 5.10 Å². The van der Waals surface area contributed by atoms with Crippen LogP contribution in [0.3, 0.4) is 0 Å². The van der Waals surface area contributed by atoms with Crippen molar-refractivity contribution in [2.45, 2.75) is 20.4 Å². The number of aromatic nitrogens is 4. The molecule has 0 N–H and O–H groups in total. The third-order valence-electron chi connectivity index (χ3n) is 2.33. The van der Waals surface area contributed by atoms with Crippen LogP contribution in [0.15, 0.2) is 24.3 Å². The van der Waals surface area contributed by atoms with Crippen molar-refractivity contribution in [2.75, 3.05) is 6.54 Å². The molecule has 0 aliphatic heterocycles. The average molecular weight is 235 g/mol. The number of carbonyl (C=O) groups excluding carboxylic acids is 1. The minimum absolute atomic E-state index is 0.00943. The maximum Gasteiger partial charge on any atom is 0.220 e. The van der Waals surface area contributed by atoms with Crippen LogP contribution in [0.2, 0.25) is 0 Å². The van der Waals surface area contributed by atoms with Gasteiger partial charge in [-0.3, -0.25) is 4.79 Å². The Morgan fingerprint density at radius 1 is 1.53 bits per heavy atom. The number of tetrazole rings is 1. The maximum atomic E-state index is 11.5. The van der Waals surface area contributed by atoms with Gasteiger partial charge in [-0.1, -0.05) is 24.3 Å². The van der Waals surface area contributed by atoms with Crippen LogP contribution < -0.4 is 0 Å². The van der Waals surface area contributed by atoms with Crippen LogP contribution in [0.4, 0.5) is 0 Å². The molecule has 0 aromatic carbocycles. The molecule has 0 saturated heterocycles. The minimum Gasteiger partial charge on any atom is -0.331 e. The molecule has 0 atom stereocenters. The molecule has 92 valence electrons. The number of carbonyl (C=O) groups is 1. The summed E-state index contributed by atoms with van der Waals surface area (Å²) in [5.41, 5.74) is 1.06. The van der Waals surface area contributed by atoms with E-state index < -0.39 is 0 Å². The van der Waals surface area contributed by atoms with Crippen molar-refractivity contribution in [3.05, 3.63) is 30.1 Å². The Bertz CT molecular complexity index is 435. The first-order valence-corrected chi connectivity index (χ1v) is 5.29. The second-order valence-electron chi connectivity index (χ2n) is 3.84. The summed E-state index contributed by atoms with van der Waals surface area (Å²) in [5, 5.41) is 11.1. The van der Waals surface area contributed by atoms with E-state index in [0.29, 0.717) is 18.9 Å². The molecule has 1 aromatic heterocycles. The number of hydrogen-bond donors (Lipinski definition) is 0. The predicted octanol–water partition coefficient (Wildman–Crippen LogP) is 0.691. The molecule has 6 nitrogen and oxygen atoms in total. The van der Waals surface area contributed by atoms with Crippen molar-refractivity contribution in [1.29, 1.82) is 0 Å². The normalized spacial score (nSPS) is 11.4. The molecule has 0 aliphatic carbocycles. The van der Waals surface area contributed by atoms with E-state index in [2.05, 4.69) is 22.1 Å². The number of hydrogen-bond acceptors (Lipinski definition) is 4. The van der Waals surface area contributed by atoms with Crippen LogP contribution in [0.1, 0.15) is 19.7 Å². The molecule has 0 aliphatic rings. The highest BCUT2D eigenvalue weighted by Crippen LogP contribution is 2.04. The summed E-state index contributed by atoms with van der Waals surface area (Å²) in [6, 6.07) is 0. The average Bonchev–Trinajstić information content (AvgIpc) is 2.63. The quantitative estimate of drug-likeness (QED) is 0.704. The lowest BCUT2D eigenvalue weighted by molar-refractivity contribution is -0.129. The molecule has 0 radical (unpaired) electrons. The van der Waals surface area contributed by atoms with Gasteiger partial charge in [-0.2, -0.15) is 0 Å². The van der Waals surface area contributed by atoms with Crippen LogP contribution in [0, 0.1) is 0 Å². The number of rotatable bonds is 5. The largest absolute Gasteiger partial charge is 0.331 e. The Morgan fingerprint density at radius 3 is 2.71 bits per heavy atom. The highest BCUT2D eigenvalue weighted by Gasteiger charge is 2.13. The Kier molecular flexibility index (Phi) is 4.56. The Hall–Kier alpha value is -1.98. The molecule has 0 unspecified atom stereocenters. The maximum absolute atomic E-state index is 11.5. The third-order valence-corrected chi connectivity index (χ3v) is 2.33. The predicted molar refractivity (Wildman–Crippen MR) is 63.8 cm³/mol. The summed E-state index contributed by atoms with van der Waals surface area (Å²) in [5.74, 6) is 0.649. The van der Waals surface area contributed by atoms with Crippen LogP contribution in [0.5, 0.6) is 0 Å². The highest BCUT2D eigenvalue weighted by molar-refractivity contribution is 5.73. The summed E-state index contributed by atoms with van der Waals surface area (Å²) in [6.07, 6.45) is 3.59. The van der Waals surface area contributed by atoms with Gasteiger partial charge in [0.1, 0.15) is 0 Å². The minimum atomic E-state index is -0.00943. The smallest absolute Gasteiger partial charge is 0.220 e. The molecular weight excluding hydrogens is 218 g/mol.